The summed E-state index contributed by atoms with van der Waals surface area (Å²) in [6, 6.07) is 5.89. The number of methoxy groups -OCH3 is 1. The summed E-state index contributed by atoms with van der Waals surface area (Å²) >= 11 is 0. The second kappa shape index (κ2) is 4.80. The highest BCUT2D eigenvalue weighted by molar-refractivity contribution is 5.79. The van der Waals surface area contributed by atoms with Crippen LogP contribution in [0.4, 0.5) is 0 Å². The lowest BCUT2D eigenvalue weighted by Crippen LogP contribution is -2.04. The van der Waals surface area contributed by atoms with Crippen LogP contribution in [0, 0.1) is 0 Å². The molecule has 96 valence electrons. The van der Waals surface area contributed by atoms with Crippen LogP contribution in [0.1, 0.15) is 31.2 Å². The minimum absolute atomic E-state index is 0.222. The number of imidazole rings is 1. The average Bonchev–Trinajstić information content (AvgIpc) is 2.67. The van der Waals surface area contributed by atoms with E-state index in [0.29, 0.717) is 12.3 Å². The number of rotatable bonds is 3. The summed E-state index contributed by atoms with van der Waals surface area (Å²) in [5, 5.41) is 0. The topological polar surface area (TPSA) is 44.1 Å². The third-order valence-corrected chi connectivity index (χ3v) is 3.07. The van der Waals surface area contributed by atoms with Crippen LogP contribution in [0.25, 0.3) is 11.0 Å². The van der Waals surface area contributed by atoms with Gasteiger partial charge in [0.1, 0.15) is 5.82 Å². The summed E-state index contributed by atoms with van der Waals surface area (Å²) in [4.78, 5) is 15.9. The molecule has 1 aromatic carbocycles. The van der Waals surface area contributed by atoms with E-state index in [2.05, 4.69) is 28.1 Å². The van der Waals surface area contributed by atoms with Gasteiger partial charge in [0.2, 0.25) is 0 Å². The average molecular weight is 246 g/mol. The number of carbonyl (C=O) groups is 1. The van der Waals surface area contributed by atoms with Gasteiger partial charge in [-0.15, -0.1) is 0 Å². The molecule has 2 rings (SSSR count). The zero-order valence-corrected chi connectivity index (χ0v) is 11.2. The molecule has 2 aromatic rings. The predicted molar refractivity (Wildman–Crippen MR) is 70.5 cm³/mol. The molecule has 0 aliphatic carbocycles. The molecule has 0 unspecified atom stereocenters. The van der Waals surface area contributed by atoms with Gasteiger partial charge >= 0.3 is 5.97 Å². The second-order valence-corrected chi connectivity index (χ2v) is 4.76. The monoisotopic (exact) mass is 246 g/mol. The third-order valence-electron chi connectivity index (χ3n) is 3.07. The van der Waals surface area contributed by atoms with Crippen LogP contribution in [0.3, 0.4) is 0 Å². The Morgan fingerprint density at radius 3 is 2.78 bits per heavy atom. The van der Waals surface area contributed by atoms with Gasteiger partial charge in [-0.2, -0.15) is 0 Å². The zero-order chi connectivity index (χ0) is 13.3. The number of esters is 1. The molecule has 0 aliphatic rings. The zero-order valence-electron chi connectivity index (χ0n) is 11.2. The number of benzene rings is 1. The number of ether oxygens (including phenoxy) is 1. The molecule has 0 radical (unpaired) electrons. The van der Waals surface area contributed by atoms with E-state index in [0.717, 1.165) is 22.4 Å². The highest BCUT2D eigenvalue weighted by atomic mass is 16.5. The van der Waals surface area contributed by atoms with Crippen molar-refractivity contribution < 1.29 is 9.53 Å². The molecular formula is C14H18N2O2. The molecule has 4 nitrogen and oxygen atoms in total. The summed E-state index contributed by atoms with van der Waals surface area (Å²) in [6.45, 7) is 4.24. The first-order chi connectivity index (χ1) is 8.52. The number of hydrogen-bond donors (Lipinski definition) is 0. The fraction of sp³-hybridized carbons (Fsp3) is 0.429. The van der Waals surface area contributed by atoms with Crippen molar-refractivity contribution in [3.05, 3.63) is 29.6 Å². The Bertz CT molecular complexity index is 585. The number of nitrogens with zero attached hydrogens (tertiary/aromatic N) is 2. The molecule has 0 N–H and O–H groups in total. The van der Waals surface area contributed by atoms with Gasteiger partial charge in [-0.1, -0.05) is 19.9 Å². The van der Waals surface area contributed by atoms with E-state index in [-0.39, 0.29) is 5.97 Å². The van der Waals surface area contributed by atoms with E-state index in [9.17, 15) is 4.79 Å². The lowest BCUT2D eigenvalue weighted by Gasteiger charge is -2.05. The van der Waals surface area contributed by atoms with E-state index in [1.807, 2.05) is 25.2 Å². The number of fused-ring (bicyclic) bond motifs is 1. The Hall–Kier alpha value is -1.84. The normalized spacial score (nSPS) is 11.2. The minimum atomic E-state index is -0.222. The van der Waals surface area contributed by atoms with Gasteiger partial charge in [-0.05, 0) is 17.7 Å². The third kappa shape index (κ3) is 2.23. The number of aromatic nitrogens is 2. The van der Waals surface area contributed by atoms with Gasteiger partial charge < -0.3 is 9.30 Å². The summed E-state index contributed by atoms with van der Waals surface area (Å²) in [5.41, 5.74) is 2.97. The Labute approximate surface area is 107 Å². The smallest absolute Gasteiger partial charge is 0.309 e. The fourth-order valence-corrected chi connectivity index (χ4v) is 2.12. The minimum Gasteiger partial charge on any atom is -0.469 e. The maximum absolute atomic E-state index is 11.3. The Morgan fingerprint density at radius 2 is 2.17 bits per heavy atom. The fourth-order valence-electron chi connectivity index (χ4n) is 2.12. The summed E-state index contributed by atoms with van der Waals surface area (Å²) in [6.07, 6.45) is 0.300. The summed E-state index contributed by atoms with van der Waals surface area (Å²) in [5.74, 6) is 1.22. The maximum atomic E-state index is 11.3. The van der Waals surface area contributed by atoms with Gasteiger partial charge in [0.05, 0.1) is 24.6 Å². The first-order valence-corrected chi connectivity index (χ1v) is 6.05. The van der Waals surface area contributed by atoms with E-state index in [4.69, 9.17) is 0 Å². The quantitative estimate of drug-likeness (QED) is 0.781. The molecule has 1 aromatic heterocycles. The van der Waals surface area contributed by atoms with Gasteiger partial charge in [0, 0.05) is 13.0 Å². The molecule has 0 amide bonds. The van der Waals surface area contributed by atoms with Crippen molar-refractivity contribution in [1.29, 1.82) is 0 Å². The molecule has 0 bridgehead atoms. The summed E-state index contributed by atoms with van der Waals surface area (Å²) < 4.78 is 6.76. The van der Waals surface area contributed by atoms with Gasteiger partial charge in [-0.3, -0.25) is 4.79 Å². The van der Waals surface area contributed by atoms with Crippen molar-refractivity contribution in [2.24, 2.45) is 7.05 Å². The van der Waals surface area contributed by atoms with Crippen molar-refractivity contribution in [2.45, 2.75) is 26.2 Å². The van der Waals surface area contributed by atoms with E-state index < -0.39 is 0 Å². The lowest BCUT2D eigenvalue weighted by atomic mass is 10.1. The van der Waals surface area contributed by atoms with Gasteiger partial charge in [0.15, 0.2) is 0 Å². The first-order valence-electron chi connectivity index (χ1n) is 6.05. The highest BCUT2D eigenvalue weighted by Gasteiger charge is 2.12. The van der Waals surface area contributed by atoms with Crippen LogP contribution in [0.15, 0.2) is 18.2 Å². The molecule has 0 fully saturated rings. The maximum Gasteiger partial charge on any atom is 0.309 e. The number of hydrogen-bond acceptors (Lipinski definition) is 3. The SMILES string of the molecule is COC(=O)Cc1ccc2nc(C(C)C)n(C)c2c1. The standard InChI is InChI=1S/C14H18N2O2/c1-9(2)14-15-11-6-5-10(8-13(17)18-4)7-12(11)16(14)3/h5-7,9H,8H2,1-4H3. The summed E-state index contributed by atoms with van der Waals surface area (Å²) in [7, 11) is 3.41. The molecule has 0 saturated heterocycles. The van der Waals surface area contributed by atoms with E-state index in [1.54, 1.807) is 0 Å². The number of aryl methyl sites for hydroxylation is 1. The first kappa shape index (κ1) is 12.6. The molecule has 4 heteroatoms. The van der Waals surface area contributed by atoms with Gasteiger partial charge in [-0.25, -0.2) is 4.98 Å². The van der Waals surface area contributed by atoms with Crippen LogP contribution in [-0.2, 0) is 23.0 Å². The highest BCUT2D eigenvalue weighted by Crippen LogP contribution is 2.21. The molecule has 1 heterocycles. The molecule has 18 heavy (non-hydrogen) atoms. The Morgan fingerprint density at radius 1 is 1.44 bits per heavy atom. The van der Waals surface area contributed by atoms with E-state index in [1.165, 1.54) is 7.11 Å². The van der Waals surface area contributed by atoms with Crippen molar-refractivity contribution in [1.82, 2.24) is 9.55 Å². The van der Waals surface area contributed by atoms with Crippen LogP contribution in [-0.4, -0.2) is 22.6 Å². The van der Waals surface area contributed by atoms with Crippen molar-refractivity contribution >= 4 is 17.0 Å². The van der Waals surface area contributed by atoms with Gasteiger partial charge in [0.25, 0.3) is 0 Å². The second-order valence-electron chi connectivity index (χ2n) is 4.76. The Balaban J connectivity index is 2.44. The Kier molecular flexibility index (Phi) is 3.36. The number of carbonyl (C=O) groups excluding carboxylic acids is 1. The van der Waals surface area contributed by atoms with Crippen LogP contribution in [0.2, 0.25) is 0 Å². The predicted octanol–water partition coefficient (Wildman–Crippen LogP) is 2.41. The van der Waals surface area contributed by atoms with Crippen molar-refractivity contribution in [3.63, 3.8) is 0 Å². The van der Waals surface area contributed by atoms with Crippen LogP contribution < -0.4 is 0 Å². The van der Waals surface area contributed by atoms with Crippen molar-refractivity contribution in [3.8, 4) is 0 Å². The molecule has 0 spiro atoms. The molecule has 0 atom stereocenters. The molecule has 0 aliphatic heterocycles. The molecule has 0 saturated carbocycles. The largest absolute Gasteiger partial charge is 0.469 e. The van der Waals surface area contributed by atoms with Crippen LogP contribution in [0.5, 0.6) is 0 Å². The van der Waals surface area contributed by atoms with Crippen LogP contribution >= 0.6 is 0 Å². The van der Waals surface area contributed by atoms with Crippen molar-refractivity contribution in [2.75, 3.05) is 7.11 Å². The van der Waals surface area contributed by atoms with E-state index >= 15 is 0 Å². The molecular weight excluding hydrogens is 228 g/mol. The lowest BCUT2D eigenvalue weighted by molar-refractivity contribution is -0.139.